The zero-order valence-electron chi connectivity index (χ0n) is 60.3. The van der Waals surface area contributed by atoms with Gasteiger partial charge in [-0.1, -0.05) is 444 Å². The van der Waals surface area contributed by atoms with Crippen molar-refractivity contribution in [2.75, 3.05) is 0 Å². The van der Waals surface area contributed by atoms with Crippen LogP contribution in [0.15, 0.2) is 121 Å². The molecule has 4 aromatic carbocycles. The van der Waals surface area contributed by atoms with E-state index in [4.69, 9.17) is 0 Å². The first-order valence-corrected chi connectivity index (χ1v) is 35.7. The van der Waals surface area contributed by atoms with Crippen LogP contribution in [0.2, 0.25) is 0 Å². The summed E-state index contributed by atoms with van der Waals surface area (Å²) in [6, 6.07) is 42.4. The molecule has 4 aliphatic rings. The Morgan fingerprint density at radius 1 is 0.200 bits per heavy atom. The minimum atomic E-state index is 0.484. The Hall–Kier alpha value is -3.12. The highest BCUT2D eigenvalue weighted by Gasteiger charge is 2.29. The van der Waals surface area contributed by atoms with Crippen LogP contribution in [0.4, 0.5) is 0 Å². The van der Waals surface area contributed by atoms with Crippen LogP contribution in [0.3, 0.4) is 0 Å². The van der Waals surface area contributed by atoms with E-state index in [1.807, 2.05) is 166 Å². The van der Waals surface area contributed by atoms with Gasteiger partial charge in [0.1, 0.15) is 0 Å². The molecule has 0 radical (unpaired) electrons. The Morgan fingerprint density at radius 3 is 0.450 bits per heavy atom. The molecule has 0 heterocycles. The Bertz CT molecular complexity index is 1270. The predicted octanol–water partition coefficient (Wildman–Crippen LogP) is 29.6. The van der Waals surface area contributed by atoms with Crippen molar-refractivity contribution < 1.29 is 0 Å². The van der Waals surface area contributed by atoms with Crippen LogP contribution in [0.5, 0.6) is 0 Å². The fourth-order valence-corrected chi connectivity index (χ4v) is 10.8. The van der Waals surface area contributed by atoms with Gasteiger partial charge in [0.2, 0.25) is 0 Å². The number of hydrogen-bond acceptors (Lipinski definition) is 0. The number of benzene rings is 4. The molecule has 0 aliphatic heterocycles. The molecule has 0 N–H and O–H groups in total. The second-order valence-corrected chi connectivity index (χ2v) is 18.4. The van der Waals surface area contributed by atoms with Crippen molar-refractivity contribution in [1.29, 1.82) is 0 Å². The first kappa shape index (κ1) is 93.3. The second-order valence-electron chi connectivity index (χ2n) is 18.4. The van der Waals surface area contributed by atoms with Gasteiger partial charge in [0.05, 0.1) is 0 Å². The van der Waals surface area contributed by atoms with Gasteiger partial charge in [-0.15, -0.1) is 0 Å². The average molecular weight is 1110 g/mol. The molecule has 0 amide bonds. The maximum absolute atomic E-state index is 2.55. The van der Waals surface area contributed by atoms with Gasteiger partial charge in [-0.3, -0.25) is 0 Å². The first-order valence-electron chi connectivity index (χ1n) is 35.7. The lowest BCUT2D eigenvalue weighted by atomic mass is 9.71. The van der Waals surface area contributed by atoms with E-state index in [2.05, 4.69) is 149 Å². The molecule has 0 heteroatoms. The maximum Gasteiger partial charge on any atom is 0.00610 e. The van der Waals surface area contributed by atoms with E-state index in [1.165, 1.54) is 151 Å². The lowest BCUT2D eigenvalue weighted by Gasteiger charge is -2.35. The molecule has 0 bridgehead atoms. The van der Waals surface area contributed by atoms with Gasteiger partial charge >= 0.3 is 0 Å². The minimum Gasteiger partial charge on any atom is -0.0683 e. The Morgan fingerprint density at radius 2 is 0.325 bits per heavy atom. The third-order valence-corrected chi connectivity index (χ3v) is 14.8. The zero-order valence-corrected chi connectivity index (χ0v) is 60.3. The van der Waals surface area contributed by atoms with Gasteiger partial charge in [0.25, 0.3) is 0 Å². The van der Waals surface area contributed by atoms with Crippen molar-refractivity contribution >= 4 is 0 Å². The summed E-state index contributed by atoms with van der Waals surface area (Å²) in [7, 11) is 0. The topological polar surface area (TPSA) is 0 Å². The molecule has 0 unspecified atom stereocenters. The summed E-state index contributed by atoms with van der Waals surface area (Å²) >= 11 is 0. The van der Waals surface area contributed by atoms with Crippen LogP contribution < -0.4 is 0 Å². The Labute approximate surface area is 510 Å². The second kappa shape index (κ2) is 80.1. The highest BCUT2D eigenvalue weighted by atomic mass is 14.3. The average Bonchev–Trinajstić information content (AvgIpc) is 3.61. The molecule has 4 saturated carbocycles. The van der Waals surface area contributed by atoms with Crippen molar-refractivity contribution in [1.82, 2.24) is 0 Å². The Balaban J connectivity index is -0.000000128. The molecule has 8 rings (SSSR count). The molecule has 0 nitrogen and oxygen atoms in total. The fourth-order valence-electron chi connectivity index (χ4n) is 10.8. The highest BCUT2D eigenvalue weighted by molar-refractivity contribution is 5.32. The smallest absolute Gasteiger partial charge is 0.00610 e. The number of hydrogen-bond donors (Lipinski definition) is 0. The van der Waals surface area contributed by atoms with Crippen molar-refractivity contribution in [3.8, 4) is 0 Å². The van der Waals surface area contributed by atoms with Crippen molar-refractivity contribution in [3.63, 3.8) is 0 Å². The lowest BCUT2D eigenvalue weighted by molar-refractivity contribution is 0.159. The van der Waals surface area contributed by atoms with Crippen molar-refractivity contribution in [2.24, 2.45) is 35.5 Å². The fraction of sp³-hybridized carbons (Fsp3) is 0.700. The third-order valence-electron chi connectivity index (χ3n) is 14.8. The zero-order chi connectivity index (χ0) is 63.2. The van der Waals surface area contributed by atoms with E-state index >= 15 is 0 Å². The molecule has 4 aromatic rings. The van der Waals surface area contributed by atoms with E-state index < -0.39 is 0 Å². The lowest BCUT2D eigenvalue weighted by Crippen LogP contribution is -2.24. The van der Waals surface area contributed by atoms with Crippen LogP contribution in [-0.2, 0) is 0 Å². The predicted molar refractivity (Wildman–Crippen MR) is 382 cm³/mol. The van der Waals surface area contributed by atoms with E-state index in [9.17, 15) is 0 Å². The van der Waals surface area contributed by atoms with Gasteiger partial charge in [-0.05, 0) is 57.8 Å². The quantitative estimate of drug-likeness (QED) is 0.165. The standard InChI is InChI=1S/2C14H26.2C14H14.12C2H6/c4*1-12(13-8-4-2-5-9-13)14-10-6-3-7-11-14;12*1-2/h2*12-14H,2-11H2,1H3;2*2-12H,1H3;12*1-2H3. The van der Waals surface area contributed by atoms with Gasteiger partial charge in [-0.25, -0.2) is 0 Å². The summed E-state index contributed by atoms with van der Waals surface area (Å²) < 4.78 is 0. The number of rotatable bonds is 8. The largest absolute Gasteiger partial charge is 0.0683 e. The maximum atomic E-state index is 2.55. The van der Waals surface area contributed by atoms with Gasteiger partial charge in [-0.2, -0.15) is 0 Å². The molecule has 80 heavy (non-hydrogen) atoms. The summed E-state index contributed by atoms with van der Waals surface area (Å²) in [5.74, 6) is 7.40. The van der Waals surface area contributed by atoms with Crippen LogP contribution in [0.1, 0.15) is 356 Å². The van der Waals surface area contributed by atoms with Crippen LogP contribution in [-0.4, -0.2) is 0 Å². The summed E-state index contributed by atoms with van der Waals surface area (Å²) in [6.07, 6.45) is 30.5. The normalized spacial score (nSPS) is 14.0. The minimum absolute atomic E-state index is 0.484. The van der Waals surface area contributed by atoms with E-state index in [1.54, 1.807) is 0 Å². The Kier molecular flexibility index (Phi) is 93.4. The summed E-state index contributed by atoms with van der Waals surface area (Å²) in [5, 5.41) is 0. The van der Waals surface area contributed by atoms with Crippen LogP contribution >= 0.6 is 0 Å². The van der Waals surface area contributed by atoms with E-state index in [0.29, 0.717) is 11.8 Å². The summed E-state index contributed by atoms with van der Waals surface area (Å²) in [4.78, 5) is 0. The van der Waals surface area contributed by atoms with Crippen molar-refractivity contribution in [3.05, 3.63) is 144 Å². The van der Waals surface area contributed by atoms with Crippen molar-refractivity contribution in [2.45, 2.75) is 334 Å². The molecule has 0 spiro atoms. The third kappa shape index (κ3) is 47.4. The molecular weight excluding hydrogens is 961 g/mol. The molecule has 0 aromatic heterocycles. The molecule has 4 aliphatic carbocycles. The van der Waals surface area contributed by atoms with Gasteiger partial charge in [0.15, 0.2) is 0 Å². The molecule has 0 atom stereocenters. The van der Waals surface area contributed by atoms with Crippen LogP contribution in [0, 0.1) is 35.5 Å². The van der Waals surface area contributed by atoms with E-state index in [-0.39, 0.29) is 0 Å². The van der Waals surface area contributed by atoms with Gasteiger partial charge in [0, 0.05) is 11.8 Å². The summed E-state index contributed by atoms with van der Waals surface area (Å²) in [5.41, 5.74) is 5.50. The molecule has 0 saturated heterocycles. The van der Waals surface area contributed by atoms with Gasteiger partial charge < -0.3 is 0 Å². The molecule has 4 fully saturated rings. The van der Waals surface area contributed by atoms with Crippen LogP contribution in [0.25, 0.3) is 0 Å². The SMILES string of the molecule is CC.CC.CC.CC.CC.CC.CC.CC.CC.CC.CC.CC.CC(C1CCCCC1)C1CCCCC1.CC(C1CCCCC1)C1CCCCC1.CC(c1ccccc1)c1ccccc1.CC(c1ccccc1)c1ccccc1. The monoisotopic (exact) mass is 1110 g/mol. The summed E-state index contributed by atoms with van der Waals surface area (Å²) in [6.45, 7) is 57.6. The molecular formula is C80H152. The molecule has 472 valence electrons. The highest BCUT2D eigenvalue weighted by Crippen LogP contribution is 2.41. The first-order chi connectivity index (χ1) is 39.5. The van der Waals surface area contributed by atoms with E-state index in [0.717, 1.165) is 35.5 Å².